The molecule has 0 saturated carbocycles. The fourth-order valence-electron chi connectivity index (χ4n) is 2.54. The van der Waals surface area contributed by atoms with Gasteiger partial charge < -0.3 is 15.3 Å². The summed E-state index contributed by atoms with van der Waals surface area (Å²) in [6.45, 7) is 5.46. The second kappa shape index (κ2) is 5.51. The molecule has 0 heterocycles. The van der Waals surface area contributed by atoms with Gasteiger partial charge in [0.05, 0.1) is 0 Å². The smallest absolute Gasteiger partial charge is 0.115 e. The van der Waals surface area contributed by atoms with Crippen LogP contribution in [-0.2, 0) is 6.42 Å². The molecular weight excluding hydrogens is 236 g/mol. The maximum absolute atomic E-state index is 9.58. The lowest BCUT2D eigenvalue weighted by molar-refractivity contribution is 0.182. The Morgan fingerprint density at radius 2 is 2.11 bits per heavy atom. The third-order valence-corrected chi connectivity index (χ3v) is 4.43. The van der Waals surface area contributed by atoms with Crippen LogP contribution in [0, 0.1) is 0 Å². The number of benzene rings is 1. The Labute approximate surface area is 116 Å². The van der Waals surface area contributed by atoms with Gasteiger partial charge in [0.2, 0.25) is 0 Å². The van der Waals surface area contributed by atoms with Crippen molar-refractivity contribution in [2.45, 2.75) is 44.7 Å². The van der Waals surface area contributed by atoms with Crippen LogP contribution in [0.2, 0.25) is 0 Å². The van der Waals surface area contributed by atoms with Gasteiger partial charge in [-0.3, -0.25) is 0 Å². The molecule has 106 valence electrons. The van der Waals surface area contributed by atoms with Crippen LogP contribution in [0.5, 0.6) is 5.75 Å². The maximum atomic E-state index is 9.58. The van der Waals surface area contributed by atoms with E-state index >= 15 is 0 Å². The molecule has 1 atom stereocenters. The molecule has 0 amide bonds. The number of nitrogens with zero attached hydrogens (tertiary/aromatic N) is 1. The van der Waals surface area contributed by atoms with Gasteiger partial charge in [-0.25, -0.2) is 0 Å². The second-order valence-electron chi connectivity index (χ2n) is 6.42. The maximum Gasteiger partial charge on any atom is 0.115 e. The van der Waals surface area contributed by atoms with E-state index in [0.29, 0.717) is 11.8 Å². The average molecular weight is 262 g/mol. The first-order chi connectivity index (χ1) is 8.90. The molecule has 3 heteroatoms. The average Bonchev–Trinajstić information content (AvgIpc) is 2.35. The van der Waals surface area contributed by atoms with Gasteiger partial charge in [-0.15, -0.1) is 0 Å². The largest absolute Gasteiger partial charge is 0.508 e. The molecule has 1 unspecified atom stereocenters. The van der Waals surface area contributed by atoms with Crippen molar-refractivity contribution in [2.75, 3.05) is 20.6 Å². The molecule has 0 bridgehead atoms. The molecular formula is C16H26N2O. The molecule has 0 spiro atoms. The molecule has 0 aromatic heterocycles. The lowest BCUT2D eigenvalue weighted by Gasteiger charge is -2.36. The van der Waals surface area contributed by atoms with Crippen LogP contribution in [-0.4, -0.2) is 36.2 Å². The summed E-state index contributed by atoms with van der Waals surface area (Å²) >= 11 is 0. The predicted molar refractivity (Wildman–Crippen MR) is 79.6 cm³/mol. The molecule has 0 aliphatic heterocycles. The van der Waals surface area contributed by atoms with E-state index in [2.05, 4.69) is 44.2 Å². The van der Waals surface area contributed by atoms with E-state index in [0.717, 1.165) is 13.0 Å². The van der Waals surface area contributed by atoms with Crippen LogP contribution in [0.15, 0.2) is 18.2 Å². The topological polar surface area (TPSA) is 35.5 Å². The first-order valence-corrected chi connectivity index (χ1v) is 7.13. The van der Waals surface area contributed by atoms with Crippen LogP contribution >= 0.6 is 0 Å². The third-order valence-electron chi connectivity index (χ3n) is 4.43. The zero-order chi connectivity index (χ0) is 14.0. The monoisotopic (exact) mass is 262 g/mol. The molecule has 2 N–H and O–H groups in total. The fourth-order valence-corrected chi connectivity index (χ4v) is 2.54. The van der Waals surface area contributed by atoms with Crippen molar-refractivity contribution in [3.8, 4) is 5.75 Å². The first-order valence-electron chi connectivity index (χ1n) is 7.13. The highest BCUT2D eigenvalue weighted by Gasteiger charge is 2.25. The Balaban J connectivity index is 2.08. The second-order valence-corrected chi connectivity index (χ2v) is 6.42. The first kappa shape index (κ1) is 14.4. The lowest BCUT2D eigenvalue weighted by Crippen LogP contribution is -2.47. The van der Waals surface area contributed by atoms with Gasteiger partial charge in [0, 0.05) is 18.1 Å². The van der Waals surface area contributed by atoms with E-state index in [1.54, 1.807) is 6.07 Å². The SMILES string of the molecule is CN(C)C(C)(C)CNC1CCCc2cc(O)ccc21. The van der Waals surface area contributed by atoms with E-state index in [-0.39, 0.29) is 5.54 Å². The summed E-state index contributed by atoms with van der Waals surface area (Å²) in [6.07, 6.45) is 3.46. The summed E-state index contributed by atoms with van der Waals surface area (Å²) < 4.78 is 0. The van der Waals surface area contributed by atoms with Gasteiger partial charge in [-0.05, 0) is 70.5 Å². The normalized spacial score (nSPS) is 19.5. The molecule has 1 aromatic rings. The van der Waals surface area contributed by atoms with Crippen LogP contribution in [0.4, 0.5) is 0 Å². The zero-order valence-electron chi connectivity index (χ0n) is 12.5. The van der Waals surface area contributed by atoms with Gasteiger partial charge in [-0.2, -0.15) is 0 Å². The summed E-state index contributed by atoms with van der Waals surface area (Å²) in [4.78, 5) is 2.25. The summed E-state index contributed by atoms with van der Waals surface area (Å²) in [5.41, 5.74) is 2.80. The summed E-state index contributed by atoms with van der Waals surface area (Å²) in [5.74, 6) is 0.382. The quantitative estimate of drug-likeness (QED) is 0.876. The van der Waals surface area contributed by atoms with Crippen molar-refractivity contribution in [1.82, 2.24) is 10.2 Å². The Morgan fingerprint density at radius 1 is 1.37 bits per heavy atom. The van der Waals surface area contributed by atoms with Crippen LogP contribution < -0.4 is 5.32 Å². The number of hydrogen-bond donors (Lipinski definition) is 2. The van der Waals surface area contributed by atoms with Crippen LogP contribution in [0.25, 0.3) is 0 Å². The molecule has 3 nitrogen and oxygen atoms in total. The number of rotatable bonds is 4. The van der Waals surface area contributed by atoms with Crippen molar-refractivity contribution >= 4 is 0 Å². The van der Waals surface area contributed by atoms with Crippen LogP contribution in [0.3, 0.4) is 0 Å². The van der Waals surface area contributed by atoms with Gasteiger partial charge in [0.25, 0.3) is 0 Å². The molecule has 1 aliphatic rings. The number of hydrogen-bond acceptors (Lipinski definition) is 3. The summed E-state index contributed by atoms with van der Waals surface area (Å²) in [5, 5.41) is 13.3. The highest BCUT2D eigenvalue weighted by atomic mass is 16.3. The Bertz CT molecular complexity index is 440. The minimum Gasteiger partial charge on any atom is -0.508 e. The standard InChI is InChI=1S/C16H26N2O/c1-16(2,18(3)4)11-17-15-7-5-6-12-10-13(19)8-9-14(12)15/h8-10,15,17,19H,5-7,11H2,1-4H3. The van der Waals surface area contributed by atoms with Crippen molar-refractivity contribution in [3.63, 3.8) is 0 Å². The number of aromatic hydroxyl groups is 1. The van der Waals surface area contributed by atoms with Gasteiger partial charge in [0.1, 0.15) is 5.75 Å². The van der Waals surface area contributed by atoms with Crippen LogP contribution in [0.1, 0.15) is 43.9 Å². The molecule has 0 radical (unpaired) electrons. The number of fused-ring (bicyclic) bond motifs is 1. The number of nitrogens with one attached hydrogen (secondary N) is 1. The molecule has 1 aromatic carbocycles. The number of phenolic OH excluding ortho intramolecular Hbond substituents is 1. The minimum atomic E-state index is 0.147. The van der Waals surface area contributed by atoms with Gasteiger partial charge in [0.15, 0.2) is 0 Å². The third kappa shape index (κ3) is 3.28. The minimum absolute atomic E-state index is 0.147. The number of likely N-dealkylation sites (N-methyl/N-ethyl adjacent to an activating group) is 1. The predicted octanol–water partition coefficient (Wildman–Crippen LogP) is 2.70. The summed E-state index contributed by atoms with van der Waals surface area (Å²) in [6, 6.07) is 6.21. The molecule has 1 aliphatic carbocycles. The number of phenols is 1. The van der Waals surface area contributed by atoms with E-state index in [1.165, 1.54) is 24.0 Å². The van der Waals surface area contributed by atoms with Crippen molar-refractivity contribution < 1.29 is 5.11 Å². The van der Waals surface area contributed by atoms with E-state index in [4.69, 9.17) is 0 Å². The number of aryl methyl sites for hydroxylation is 1. The zero-order valence-corrected chi connectivity index (χ0v) is 12.5. The van der Waals surface area contributed by atoms with Crippen molar-refractivity contribution in [2.24, 2.45) is 0 Å². The Morgan fingerprint density at radius 3 is 2.79 bits per heavy atom. The van der Waals surface area contributed by atoms with Crippen molar-refractivity contribution in [3.05, 3.63) is 29.3 Å². The van der Waals surface area contributed by atoms with Gasteiger partial charge in [-0.1, -0.05) is 6.07 Å². The molecule has 0 fully saturated rings. The lowest BCUT2D eigenvalue weighted by atomic mass is 9.87. The van der Waals surface area contributed by atoms with E-state index < -0.39 is 0 Å². The fraction of sp³-hybridized carbons (Fsp3) is 0.625. The van der Waals surface area contributed by atoms with Gasteiger partial charge >= 0.3 is 0 Å². The molecule has 2 rings (SSSR count). The highest BCUT2D eigenvalue weighted by molar-refractivity contribution is 5.38. The highest BCUT2D eigenvalue weighted by Crippen LogP contribution is 2.32. The Hall–Kier alpha value is -1.06. The van der Waals surface area contributed by atoms with Crippen molar-refractivity contribution in [1.29, 1.82) is 0 Å². The Kier molecular flexibility index (Phi) is 4.16. The molecule has 0 saturated heterocycles. The van der Waals surface area contributed by atoms with E-state index in [9.17, 15) is 5.11 Å². The summed E-state index contributed by atoms with van der Waals surface area (Å²) in [7, 11) is 4.24. The van der Waals surface area contributed by atoms with E-state index in [1.807, 2.05) is 6.07 Å². The molecule has 19 heavy (non-hydrogen) atoms.